The Morgan fingerprint density at radius 2 is 2.40 bits per heavy atom. The summed E-state index contributed by atoms with van der Waals surface area (Å²) in [4.78, 5) is 16.5. The lowest BCUT2D eigenvalue weighted by atomic mass is 9.96. The van der Waals surface area contributed by atoms with Gasteiger partial charge in [0, 0.05) is 5.56 Å². The highest BCUT2D eigenvalue weighted by atomic mass is 16.7. The van der Waals surface area contributed by atoms with Crippen LogP contribution in [0.1, 0.15) is 11.5 Å². The van der Waals surface area contributed by atoms with Gasteiger partial charge in [0.15, 0.2) is 5.75 Å². The molecule has 1 atom stereocenters. The normalized spacial score (nSPS) is 18.5. The fraction of sp³-hybridized carbons (Fsp3) is 0.182. The Morgan fingerprint density at radius 3 is 3.07 bits per heavy atom. The second kappa shape index (κ2) is 3.65. The Bertz CT molecular complexity index is 414. The molecule has 15 heavy (non-hydrogen) atoms. The van der Waals surface area contributed by atoms with E-state index in [1.807, 2.05) is 0 Å². The molecule has 2 rings (SSSR count). The van der Waals surface area contributed by atoms with Gasteiger partial charge in [0.1, 0.15) is 5.75 Å². The Balaban J connectivity index is 2.49. The number of carbonyl (C=O) groups excluding carboxylic acids is 1. The molecule has 0 spiro atoms. The molecule has 4 nitrogen and oxygen atoms in total. The van der Waals surface area contributed by atoms with Gasteiger partial charge in [-0.1, -0.05) is 6.08 Å². The molecule has 1 aromatic rings. The number of hydroxylamine groups is 1. The summed E-state index contributed by atoms with van der Waals surface area (Å²) in [7, 11) is 1.58. The zero-order chi connectivity index (χ0) is 10.8. The van der Waals surface area contributed by atoms with Crippen molar-refractivity contribution in [1.82, 2.24) is 5.48 Å². The molecule has 1 aliphatic heterocycles. The molecule has 4 heteroatoms. The van der Waals surface area contributed by atoms with E-state index in [4.69, 9.17) is 9.57 Å². The predicted molar refractivity (Wildman–Crippen MR) is 54.7 cm³/mol. The molecule has 0 radical (unpaired) electrons. The SMILES string of the molecule is C=CC1C(=O)NOc2ccc(OC)cc21. The third-order valence-corrected chi connectivity index (χ3v) is 2.33. The first-order chi connectivity index (χ1) is 7.26. The standard InChI is InChI=1S/C11H11NO3/c1-3-8-9-6-7(14-2)4-5-10(9)15-12-11(8)13/h3-6,8H,1H2,2H3,(H,12,13). The van der Waals surface area contributed by atoms with Crippen LogP contribution in [0.25, 0.3) is 0 Å². The summed E-state index contributed by atoms with van der Waals surface area (Å²) in [6.07, 6.45) is 1.58. The zero-order valence-electron chi connectivity index (χ0n) is 8.32. The molecule has 0 aliphatic carbocycles. The van der Waals surface area contributed by atoms with Crippen molar-refractivity contribution < 1.29 is 14.4 Å². The van der Waals surface area contributed by atoms with E-state index in [0.29, 0.717) is 11.5 Å². The third kappa shape index (κ3) is 1.54. The molecule has 1 heterocycles. The van der Waals surface area contributed by atoms with Gasteiger partial charge in [-0.05, 0) is 18.2 Å². The zero-order valence-corrected chi connectivity index (χ0v) is 8.32. The monoisotopic (exact) mass is 205 g/mol. The van der Waals surface area contributed by atoms with Crippen molar-refractivity contribution in [3.05, 3.63) is 36.4 Å². The molecule has 0 saturated heterocycles. The fourth-order valence-electron chi connectivity index (χ4n) is 1.53. The van der Waals surface area contributed by atoms with Crippen LogP contribution in [0, 0.1) is 0 Å². The van der Waals surface area contributed by atoms with E-state index in [2.05, 4.69) is 12.1 Å². The molecule has 1 unspecified atom stereocenters. The van der Waals surface area contributed by atoms with Crippen LogP contribution in [0.2, 0.25) is 0 Å². The van der Waals surface area contributed by atoms with Crippen LogP contribution in [-0.4, -0.2) is 13.0 Å². The van der Waals surface area contributed by atoms with Crippen molar-refractivity contribution in [2.45, 2.75) is 5.92 Å². The average Bonchev–Trinajstić information content (AvgIpc) is 2.28. The molecule has 1 amide bonds. The van der Waals surface area contributed by atoms with Gasteiger partial charge < -0.3 is 9.57 Å². The molecular weight excluding hydrogens is 194 g/mol. The minimum absolute atomic E-state index is 0.217. The van der Waals surface area contributed by atoms with Crippen LogP contribution >= 0.6 is 0 Å². The van der Waals surface area contributed by atoms with E-state index >= 15 is 0 Å². The Kier molecular flexibility index (Phi) is 2.33. The largest absolute Gasteiger partial charge is 0.497 e. The molecule has 78 valence electrons. The maximum Gasteiger partial charge on any atom is 0.264 e. The minimum Gasteiger partial charge on any atom is -0.497 e. The van der Waals surface area contributed by atoms with Crippen molar-refractivity contribution in [1.29, 1.82) is 0 Å². The van der Waals surface area contributed by atoms with Gasteiger partial charge in [0.25, 0.3) is 5.91 Å². The number of methoxy groups -OCH3 is 1. The van der Waals surface area contributed by atoms with E-state index in [1.54, 1.807) is 31.4 Å². The number of ether oxygens (including phenoxy) is 1. The van der Waals surface area contributed by atoms with Gasteiger partial charge in [-0.2, -0.15) is 5.48 Å². The average molecular weight is 205 g/mol. The maximum absolute atomic E-state index is 11.4. The van der Waals surface area contributed by atoms with Gasteiger partial charge in [-0.15, -0.1) is 6.58 Å². The molecule has 0 aromatic heterocycles. The second-order valence-electron chi connectivity index (χ2n) is 3.19. The molecule has 0 bridgehead atoms. The number of carbonyl (C=O) groups is 1. The lowest BCUT2D eigenvalue weighted by Gasteiger charge is -2.22. The van der Waals surface area contributed by atoms with Crippen molar-refractivity contribution >= 4 is 5.91 Å². The number of nitrogens with one attached hydrogen (secondary N) is 1. The number of fused-ring (bicyclic) bond motifs is 1. The molecular formula is C11H11NO3. The lowest BCUT2D eigenvalue weighted by molar-refractivity contribution is -0.129. The van der Waals surface area contributed by atoms with E-state index in [-0.39, 0.29) is 11.8 Å². The Labute approximate surface area is 87.5 Å². The van der Waals surface area contributed by atoms with Crippen molar-refractivity contribution in [3.8, 4) is 11.5 Å². The highest BCUT2D eigenvalue weighted by Gasteiger charge is 2.26. The van der Waals surface area contributed by atoms with Crippen LogP contribution < -0.4 is 15.1 Å². The Morgan fingerprint density at radius 1 is 1.60 bits per heavy atom. The first-order valence-electron chi connectivity index (χ1n) is 4.53. The van der Waals surface area contributed by atoms with Gasteiger partial charge in [0.05, 0.1) is 13.0 Å². The first-order valence-corrected chi connectivity index (χ1v) is 4.53. The van der Waals surface area contributed by atoms with Crippen LogP contribution in [0.15, 0.2) is 30.9 Å². The predicted octanol–water partition coefficient (Wildman–Crippen LogP) is 1.39. The lowest BCUT2D eigenvalue weighted by Crippen LogP contribution is -2.36. The summed E-state index contributed by atoms with van der Waals surface area (Å²) in [5.74, 6) is 0.716. The van der Waals surface area contributed by atoms with Crippen LogP contribution in [0.5, 0.6) is 11.5 Å². The molecule has 0 saturated carbocycles. The van der Waals surface area contributed by atoms with E-state index in [1.165, 1.54) is 0 Å². The van der Waals surface area contributed by atoms with Crippen molar-refractivity contribution in [2.75, 3.05) is 7.11 Å². The van der Waals surface area contributed by atoms with Crippen LogP contribution in [0.4, 0.5) is 0 Å². The summed E-state index contributed by atoms with van der Waals surface area (Å²) in [5.41, 5.74) is 3.10. The number of hydrogen-bond donors (Lipinski definition) is 1. The molecule has 0 fully saturated rings. The number of rotatable bonds is 2. The van der Waals surface area contributed by atoms with Gasteiger partial charge in [0.2, 0.25) is 0 Å². The van der Waals surface area contributed by atoms with Gasteiger partial charge in [-0.25, -0.2) is 0 Å². The number of amides is 1. The highest BCUT2D eigenvalue weighted by molar-refractivity contribution is 5.87. The van der Waals surface area contributed by atoms with Crippen molar-refractivity contribution in [3.63, 3.8) is 0 Å². The summed E-state index contributed by atoms with van der Waals surface area (Å²) < 4.78 is 5.09. The minimum atomic E-state index is -0.385. The third-order valence-electron chi connectivity index (χ3n) is 2.33. The second-order valence-corrected chi connectivity index (χ2v) is 3.19. The summed E-state index contributed by atoms with van der Waals surface area (Å²) in [6, 6.07) is 5.31. The molecule has 1 N–H and O–H groups in total. The summed E-state index contributed by atoms with van der Waals surface area (Å²) in [5, 5.41) is 0. The van der Waals surface area contributed by atoms with E-state index in [9.17, 15) is 4.79 Å². The quantitative estimate of drug-likeness (QED) is 0.742. The van der Waals surface area contributed by atoms with Crippen LogP contribution in [0.3, 0.4) is 0 Å². The summed E-state index contributed by atoms with van der Waals surface area (Å²) >= 11 is 0. The smallest absolute Gasteiger partial charge is 0.264 e. The molecule has 1 aromatic carbocycles. The van der Waals surface area contributed by atoms with Gasteiger partial charge >= 0.3 is 0 Å². The van der Waals surface area contributed by atoms with E-state index < -0.39 is 0 Å². The van der Waals surface area contributed by atoms with Gasteiger partial charge in [-0.3, -0.25) is 4.79 Å². The topological polar surface area (TPSA) is 47.6 Å². The fourth-order valence-corrected chi connectivity index (χ4v) is 1.53. The number of benzene rings is 1. The van der Waals surface area contributed by atoms with Crippen molar-refractivity contribution in [2.24, 2.45) is 0 Å². The summed E-state index contributed by atoms with van der Waals surface area (Å²) in [6.45, 7) is 3.63. The maximum atomic E-state index is 11.4. The van der Waals surface area contributed by atoms with Crippen LogP contribution in [-0.2, 0) is 4.79 Å². The highest BCUT2D eigenvalue weighted by Crippen LogP contribution is 2.33. The molecule has 1 aliphatic rings. The van der Waals surface area contributed by atoms with E-state index in [0.717, 1.165) is 5.56 Å². The first kappa shape index (κ1) is 9.58. The Hall–Kier alpha value is -1.97. The number of hydrogen-bond acceptors (Lipinski definition) is 3.